The van der Waals surface area contributed by atoms with Crippen molar-refractivity contribution < 1.29 is 25.8 Å². The summed E-state index contributed by atoms with van der Waals surface area (Å²) in [5.74, 6) is -1.00. The van der Waals surface area contributed by atoms with E-state index < -0.39 is 25.9 Å². The first-order chi connectivity index (χ1) is 16.9. The Morgan fingerprint density at radius 2 is 1.75 bits per heavy atom. The summed E-state index contributed by atoms with van der Waals surface area (Å²) in [4.78, 5) is 16.4. The predicted octanol–water partition coefficient (Wildman–Crippen LogP) is 3.59. The third kappa shape index (κ3) is 6.97. The fraction of sp³-hybridized carbons (Fsp3) is 0.217. The lowest BCUT2D eigenvalue weighted by atomic mass is 10.1. The topological polar surface area (TPSA) is 156 Å². The highest BCUT2D eigenvalue weighted by atomic mass is 32.2. The van der Waals surface area contributed by atoms with E-state index >= 15 is 0 Å². The van der Waals surface area contributed by atoms with Crippen LogP contribution >= 0.6 is 11.5 Å². The smallest absolute Gasteiger partial charge is 0.339 e. The highest BCUT2D eigenvalue weighted by Gasteiger charge is 2.23. The number of aryl methyl sites for hydroxylation is 1. The molecular formula is C23H22N4O6S3. The maximum Gasteiger partial charge on any atom is 0.339 e. The van der Waals surface area contributed by atoms with Gasteiger partial charge in [-0.2, -0.15) is 23.0 Å². The van der Waals surface area contributed by atoms with Gasteiger partial charge in [0.25, 0.3) is 11.1 Å². The summed E-state index contributed by atoms with van der Waals surface area (Å²) in [6.07, 6.45) is 1.28. The van der Waals surface area contributed by atoms with Gasteiger partial charge in [-0.05, 0) is 48.7 Å². The van der Waals surface area contributed by atoms with E-state index in [0.29, 0.717) is 17.1 Å². The summed E-state index contributed by atoms with van der Waals surface area (Å²) in [5.41, 5.74) is 1.06. The molecule has 13 heteroatoms. The van der Waals surface area contributed by atoms with Gasteiger partial charge in [0.05, 0.1) is 5.75 Å². The zero-order valence-corrected chi connectivity index (χ0v) is 21.9. The lowest BCUT2D eigenvalue weighted by Crippen LogP contribution is -2.15. The van der Waals surface area contributed by atoms with E-state index in [1.165, 1.54) is 42.5 Å². The second-order valence-corrected chi connectivity index (χ2v) is 12.3. The molecule has 10 nitrogen and oxygen atoms in total. The molecule has 1 amide bonds. The number of nitriles is 1. The van der Waals surface area contributed by atoms with Gasteiger partial charge in [0, 0.05) is 11.5 Å². The van der Waals surface area contributed by atoms with Crippen molar-refractivity contribution in [3.63, 3.8) is 0 Å². The van der Waals surface area contributed by atoms with Gasteiger partial charge in [-0.25, -0.2) is 8.42 Å². The van der Waals surface area contributed by atoms with Crippen LogP contribution in [-0.2, 0) is 24.7 Å². The molecule has 0 radical (unpaired) electrons. The number of carbonyl (C=O) groups is 1. The van der Waals surface area contributed by atoms with Crippen molar-refractivity contribution in [1.82, 2.24) is 9.36 Å². The van der Waals surface area contributed by atoms with E-state index in [-0.39, 0.29) is 38.2 Å². The molecule has 188 valence electrons. The molecule has 0 saturated carbocycles. The van der Waals surface area contributed by atoms with Gasteiger partial charge < -0.3 is 4.18 Å². The van der Waals surface area contributed by atoms with Crippen molar-refractivity contribution >= 4 is 48.6 Å². The number of sulfone groups is 1. The molecule has 0 fully saturated rings. The van der Waals surface area contributed by atoms with Crippen molar-refractivity contribution in [2.75, 3.05) is 11.1 Å². The zero-order valence-electron chi connectivity index (χ0n) is 19.5. The first kappa shape index (κ1) is 27.0. The van der Waals surface area contributed by atoms with Crippen LogP contribution in [0, 0.1) is 24.2 Å². The fourth-order valence-corrected chi connectivity index (χ4v) is 6.16. The molecule has 0 aliphatic carbocycles. The van der Waals surface area contributed by atoms with E-state index in [9.17, 15) is 26.9 Å². The first-order valence-corrected chi connectivity index (χ1v) is 14.3. The fourth-order valence-electron chi connectivity index (χ4n) is 2.88. The van der Waals surface area contributed by atoms with Crippen molar-refractivity contribution in [2.45, 2.75) is 30.8 Å². The van der Waals surface area contributed by atoms with Crippen LogP contribution in [0.5, 0.6) is 5.75 Å². The average Bonchev–Trinajstić information content (AvgIpc) is 3.27. The predicted molar refractivity (Wildman–Crippen MR) is 134 cm³/mol. The number of amides is 1. The Hall–Kier alpha value is -3.60. The maximum atomic E-state index is 12.5. The molecule has 36 heavy (non-hydrogen) atoms. The highest BCUT2D eigenvalue weighted by Crippen LogP contribution is 2.22. The number of hydrogen-bond donors (Lipinski definition) is 1. The van der Waals surface area contributed by atoms with Gasteiger partial charge in [0.2, 0.25) is 15.0 Å². The molecule has 0 saturated heterocycles. The summed E-state index contributed by atoms with van der Waals surface area (Å²) < 4.78 is 58.3. The summed E-state index contributed by atoms with van der Waals surface area (Å²) in [6, 6.07) is 13.7. The monoisotopic (exact) mass is 546 g/mol. The molecule has 0 atom stereocenters. The third-order valence-corrected chi connectivity index (χ3v) is 8.38. The molecule has 0 spiro atoms. The van der Waals surface area contributed by atoms with E-state index in [1.807, 2.05) is 6.92 Å². The molecule has 0 bridgehead atoms. The number of rotatable bonds is 9. The Morgan fingerprint density at radius 1 is 1.11 bits per heavy atom. The minimum Gasteiger partial charge on any atom is -0.379 e. The Morgan fingerprint density at radius 3 is 2.33 bits per heavy atom. The lowest BCUT2D eigenvalue weighted by Gasteiger charge is -2.07. The van der Waals surface area contributed by atoms with Crippen LogP contribution < -0.4 is 9.50 Å². The molecule has 0 aliphatic heterocycles. The Kier molecular flexibility index (Phi) is 8.24. The van der Waals surface area contributed by atoms with Crippen LogP contribution in [0.3, 0.4) is 0 Å². The van der Waals surface area contributed by atoms with Gasteiger partial charge in [0.15, 0.2) is 0 Å². The van der Waals surface area contributed by atoms with Crippen LogP contribution in [0.4, 0.5) is 5.13 Å². The minimum atomic E-state index is -4.02. The van der Waals surface area contributed by atoms with Gasteiger partial charge >= 0.3 is 10.1 Å². The summed E-state index contributed by atoms with van der Waals surface area (Å²) in [5, 5.41) is 11.3. The molecule has 2 aromatic carbocycles. The van der Waals surface area contributed by atoms with E-state index in [1.54, 1.807) is 32.0 Å². The minimum absolute atomic E-state index is 0.0114. The van der Waals surface area contributed by atoms with E-state index in [2.05, 4.69) is 14.7 Å². The van der Waals surface area contributed by atoms with Gasteiger partial charge in [-0.15, -0.1) is 0 Å². The number of nitrogens with one attached hydrogen (secondary N) is 1. The van der Waals surface area contributed by atoms with E-state index in [4.69, 9.17) is 4.18 Å². The normalized spacial score (nSPS) is 12.2. The second-order valence-electron chi connectivity index (χ2n) is 8.10. The number of aromatic nitrogens is 2. The Labute approximate surface area is 213 Å². The maximum absolute atomic E-state index is 12.5. The first-order valence-electron chi connectivity index (χ1n) is 10.5. The van der Waals surface area contributed by atoms with Crippen molar-refractivity contribution in [2.24, 2.45) is 5.92 Å². The quantitative estimate of drug-likeness (QED) is 0.241. The van der Waals surface area contributed by atoms with Crippen LogP contribution in [0.2, 0.25) is 0 Å². The highest BCUT2D eigenvalue weighted by molar-refractivity contribution is 7.91. The van der Waals surface area contributed by atoms with Crippen LogP contribution in [0.15, 0.2) is 64.2 Å². The number of nitrogens with zero attached hydrogens (tertiary/aromatic N) is 3. The summed E-state index contributed by atoms with van der Waals surface area (Å²) in [6.45, 7) is 5.33. The molecule has 1 N–H and O–H groups in total. The Balaban J connectivity index is 1.71. The third-order valence-electron chi connectivity index (χ3n) is 4.53. The lowest BCUT2D eigenvalue weighted by molar-refractivity contribution is -0.112. The molecule has 0 unspecified atom stereocenters. The number of benzene rings is 2. The second kappa shape index (κ2) is 11.0. The van der Waals surface area contributed by atoms with Crippen molar-refractivity contribution in [3.8, 4) is 11.8 Å². The van der Waals surface area contributed by atoms with Gasteiger partial charge in [-0.1, -0.05) is 43.7 Å². The number of anilines is 1. The standard InChI is InChI=1S/C23H22N4O6S3/c1-15(2)14-35(29,30)23-26-22(34-27-23)25-21(28)18(13-24)12-17-6-8-19(9-7-17)33-36(31,32)20-10-4-16(3)5-11-20/h4-12,15H,14H2,1-3H3,(H,25,26,27,28)/b18-12-. The van der Waals surface area contributed by atoms with Gasteiger partial charge in [-0.3, -0.25) is 10.1 Å². The Bertz CT molecular complexity index is 1530. The van der Waals surface area contributed by atoms with Crippen LogP contribution in [0.1, 0.15) is 25.0 Å². The summed E-state index contributed by atoms with van der Waals surface area (Å²) in [7, 11) is -7.70. The SMILES string of the molecule is Cc1ccc(S(=O)(=O)Oc2ccc(/C=C(/C#N)C(=O)Nc3nc(S(=O)(=O)CC(C)C)ns3)cc2)cc1. The van der Waals surface area contributed by atoms with Crippen molar-refractivity contribution in [3.05, 3.63) is 65.2 Å². The molecule has 3 rings (SSSR count). The molecular weight excluding hydrogens is 524 g/mol. The summed E-state index contributed by atoms with van der Waals surface area (Å²) >= 11 is 0.690. The van der Waals surface area contributed by atoms with E-state index in [0.717, 1.165) is 5.56 Å². The number of carbonyl (C=O) groups excluding carboxylic acids is 1. The molecule has 0 aliphatic rings. The molecule has 1 aromatic heterocycles. The van der Waals surface area contributed by atoms with Crippen LogP contribution in [0.25, 0.3) is 6.08 Å². The van der Waals surface area contributed by atoms with Crippen molar-refractivity contribution in [1.29, 1.82) is 5.26 Å². The zero-order chi connectivity index (χ0) is 26.5. The number of hydrogen-bond acceptors (Lipinski definition) is 10. The molecule has 3 aromatic rings. The van der Waals surface area contributed by atoms with Crippen LogP contribution in [-0.4, -0.2) is 37.9 Å². The molecule has 1 heterocycles. The average molecular weight is 547 g/mol. The van der Waals surface area contributed by atoms with Gasteiger partial charge in [0.1, 0.15) is 22.3 Å². The largest absolute Gasteiger partial charge is 0.379 e.